The largest absolute Gasteiger partial charge is 0.484 e. The van der Waals surface area contributed by atoms with Crippen molar-refractivity contribution in [2.24, 2.45) is 0 Å². The van der Waals surface area contributed by atoms with Crippen molar-refractivity contribution in [1.82, 2.24) is 0 Å². The number of aryl methyl sites for hydroxylation is 2. The third kappa shape index (κ3) is 5.26. The Morgan fingerprint density at radius 1 is 0.970 bits per heavy atom. The van der Waals surface area contributed by atoms with Crippen molar-refractivity contribution < 1.29 is 19.1 Å². The van der Waals surface area contributed by atoms with E-state index in [0.29, 0.717) is 17.1 Å². The Labute approximate surface area is 196 Å². The van der Waals surface area contributed by atoms with Crippen LogP contribution >= 0.6 is 11.8 Å². The van der Waals surface area contributed by atoms with Crippen molar-refractivity contribution in [2.75, 3.05) is 16.8 Å². The van der Waals surface area contributed by atoms with Gasteiger partial charge >= 0.3 is 0 Å². The molecule has 1 fully saturated rings. The first-order chi connectivity index (χ1) is 15.9. The van der Waals surface area contributed by atoms with Crippen LogP contribution in [0.3, 0.4) is 0 Å². The zero-order valence-electron chi connectivity index (χ0n) is 18.4. The highest BCUT2D eigenvalue weighted by molar-refractivity contribution is 8.00. The molecular weight excluding hydrogens is 436 g/mol. The lowest BCUT2D eigenvalue weighted by molar-refractivity contribution is -0.121. The van der Waals surface area contributed by atoms with E-state index in [1.165, 1.54) is 16.7 Å². The van der Waals surface area contributed by atoms with Gasteiger partial charge in [-0.15, -0.1) is 11.8 Å². The van der Waals surface area contributed by atoms with E-state index < -0.39 is 5.25 Å². The number of imide groups is 1. The van der Waals surface area contributed by atoms with E-state index in [2.05, 4.69) is 5.32 Å². The van der Waals surface area contributed by atoms with Crippen LogP contribution in [-0.2, 0) is 14.4 Å². The summed E-state index contributed by atoms with van der Waals surface area (Å²) < 4.78 is 5.45. The molecular formula is C26H24N2O4S. The minimum Gasteiger partial charge on any atom is -0.484 e. The smallest absolute Gasteiger partial charge is 0.262 e. The first-order valence-electron chi connectivity index (χ1n) is 10.6. The van der Waals surface area contributed by atoms with Crippen molar-refractivity contribution in [2.45, 2.75) is 30.4 Å². The molecule has 33 heavy (non-hydrogen) atoms. The van der Waals surface area contributed by atoms with Crippen LogP contribution in [0.25, 0.3) is 0 Å². The molecule has 1 heterocycles. The third-order valence-electron chi connectivity index (χ3n) is 5.30. The fraction of sp³-hybridized carbons (Fsp3) is 0.192. The number of nitrogens with zero attached hydrogens (tertiary/aromatic N) is 1. The Balaban J connectivity index is 1.35. The topological polar surface area (TPSA) is 75.7 Å². The van der Waals surface area contributed by atoms with E-state index >= 15 is 0 Å². The molecule has 1 saturated heterocycles. The maximum atomic E-state index is 13.0. The average molecular weight is 461 g/mol. The van der Waals surface area contributed by atoms with Gasteiger partial charge in [0.1, 0.15) is 5.75 Å². The van der Waals surface area contributed by atoms with Crippen LogP contribution in [0.2, 0.25) is 0 Å². The molecule has 168 valence electrons. The van der Waals surface area contributed by atoms with Crippen molar-refractivity contribution in [3.8, 4) is 5.75 Å². The molecule has 0 spiro atoms. The minimum atomic E-state index is -0.476. The van der Waals surface area contributed by atoms with Gasteiger partial charge in [0.25, 0.3) is 5.91 Å². The van der Waals surface area contributed by atoms with Gasteiger partial charge in [0, 0.05) is 17.0 Å². The molecule has 1 N–H and O–H groups in total. The quantitative estimate of drug-likeness (QED) is 0.515. The van der Waals surface area contributed by atoms with Gasteiger partial charge in [0.05, 0.1) is 10.9 Å². The van der Waals surface area contributed by atoms with Gasteiger partial charge < -0.3 is 10.1 Å². The summed E-state index contributed by atoms with van der Waals surface area (Å²) in [5.74, 6) is -0.0137. The number of benzene rings is 3. The summed E-state index contributed by atoms with van der Waals surface area (Å²) in [7, 11) is 0. The molecule has 3 aromatic carbocycles. The molecule has 0 radical (unpaired) electrons. The lowest BCUT2D eigenvalue weighted by Gasteiger charge is -2.19. The zero-order valence-corrected chi connectivity index (χ0v) is 19.2. The number of carbonyl (C=O) groups is 3. The van der Waals surface area contributed by atoms with E-state index in [1.807, 2.05) is 62.4 Å². The summed E-state index contributed by atoms with van der Waals surface area (Å²) >= 11 is 1.36. The SMILES string of the molecule is Cc1cccc(C)c1N1C(=O)CC(Sc2ccc(NC(=O)COc3ccccc3)cc2)C1=O. The number of hydrogen-bond acceptors (Lipinski definition) is 5. The maximum absolute atomic E-state index is 13.0. The number of anilines is 2. The van der Waals surface area contributed by atoms with Gasteiger partial charge in [-0.3, -0.25) is 14.4 Å². The molecule has 3 amide bonds. The number of amides is 3. The van der Waals surface area contributed by atoms with Crippen LogP contribution in [0.1, 0.15) is 17.5 Å². The molecule has 4 rings (SSSR count). The van der Waals surface area contributed by atoms with Crippen molar-refractivity contribution in [3.05, 3.63) is 83.9 Å². The van der Waals surface area contributed by atoms with Crippen LogP contribution < -0.4 is 15.0 Å². The molecule has 1 aliphatic heterocycles. The molecule has 1 unspecified atom stereocenters. The summed E-state index contributed by atoms with van der Waals surface area (Å²) in [6, 6.07) is 22.1. The number of thioether (sulfide) groups is 1. The molecule has 7 heteroatoms. The molecule has 0 aliphatic carbocycles. The second kappa shape index (κ2) is 9.92. The van der Waals surface area contributed by atoms with Crippen molar-refractivity contribution in [1.29, 1.82) is 0 Å². The molecule has 0 saturated carbocycles. The minimum absolute atomic E-state index is 0.0899. The van der Waals surface area contributed by atoms with Crippen molar-refractivity contribution in [3.63, 3.8) is 0 Å². The summed E-state index contributed by atoms with van der Waals surface area (Å²) in [6.45, 7) is 3.72. The molecule has 1 aliphatic rings. The Hall–Kier alpha value is -3.58. The van der Waals surface area contributed by atoms with Crippen LogP contribution in [0.5, 0.6) is 5.75 Å². The Bertz CT molecular complexity index is 1160. The fourth-order valence-corrected chi connectivity index (χ4v) is 4.79. The van der Waals surface area contributed by atoms with Gasteiger partial charge in [-0.05, 0) is 61.4 Å². The highest BCUT2D eigenvalue weighted by atomic mass is 32.2. The summed E-state index contributed by atoms with van der Waals surface area (Å²) in [6.07, 6.45) is 0.159. The maximum Gasteiger partial charge on any atom is 0.262 e. The van der Waals surface area contributed by atoms with Gasteiger partial charge in [0.2, 0.25) is 11.8 Å². The summed E-state index contributed by atoms with van der Waals surface area (Å²) in [5, 5.41) is 2.31. The Morgan fingerprint density at radius 2 is 1.64 bits per heavy atom. The van der Waals surface area contributed by atoms with Gasteiger partial charge in [-0.1, -0.05) is 36.4 Å². The molecule has 3 aromatic rings. The number of nitrogens with one attached hydrogen (secondary N) is 1. The second-order valence-electron chi connectivity index (χ2n) is 7.79. The third-order valence-corrected chi connectivity index (χ3v) is 6.50. The number of para-hydroxylation sites is 2. The van der Waals surface area contributed by atoms with Gasteiger partial charge in [-0.2, -0.15) is 0 Å². The monoisotopic (exact) mass is 460 g/mol. The standard InChI is InChI=1S/C26H24N2O4S/c1-17-7-6-8-18(2)25(17)28-24(30)15-22(26(28)31)33-21-13-11-19(12-14-21)27-23(29)16-32-20-9-4-3-5-10-20/h3-14,22H,15-16H2,1-2H3,(H,27,29). The van der Waals surface area contributed by atoms with Crippen LogP contribution in [0.15, 0.2) is 77.7 Å². The van der Waals surface area contributed by atoms with E-state index in [1.54, 1.807) is 24.3 Å². The highest BCUT2D eigenvalue weighted by Crippen LogP contribution is 2.36. The van der Waals surface area contributed by atoms with E-state index in [-0.39, 0.29) is 30.7 Å². The van der Waals surface area contributed by atoms with Crippen LogP contribution in [-0.4, -0.2) is 29.6 Å². The number of rotatable bonds is 7. The summed E-state index contributed by atoms with van der Waals surface area (Å²) in [4.78, 5) is 40.0. The van der Waals surface area contributed by atoms with Crippen LogP contribution in [0.4, 0.5) is 11.4 Å². The van der Waals surface area contributed by atoms with Crippen molar-refractivity contribution >= 4 is 40.9 Å². The predicted molar refractivity (Wildman–Crippen MR) is 130 cm³/mol. The van der Waals surface area contributed by atoms with Crippen LogP contribution in [0, 0.1) is 13.8 Å². The normalized spacial score (nSPS) is 15.6. The molecule has 1 atom stereocenters. The Kier molecular flexibility index (Phi) is 6.79. The molecule has 0 aromatic heterocycles. The first-order valence-corrected chi connectivity index (χ1v) is 11.5. The summed E-state index contributed by atoms with van der Waals surface area (Å²) in [5.41, 5.74) is 3.12. The Morgan fingerprint density at radius 3 is 2.30 bits per heavy atom. The zero-order chi connectivity index (χ0) is 23.4. The number of hydrogen-bond donors (Lipinski definition) is 1. The first kappa shape index (κ1) is 22.6. The van der Waals surface area contributed by atoms with E-state index in [0.717, 1.165) is 16.0 Å². The molecule has 0 bridgehead atoms. The second-order valence-corrected chi connectivity index (χ2v) is 9.07. The number of ether oxygens (including phenoxy) is 1. The fourth-order valence-electron chi connectivity index (χ4n) is 3.73. The lowest BCUT2D eigenvalue weighted by atomic mass is 10.1. The van der Waals surface area contributed by atoms with Gasteiger partial charge in [-0.25, -0.2) is 4.90 Å². The average Bonchev–Trinajstić information content (AvgIpc) is 3.07. The van der Waals surface area contributed by atoms with E-state index in [4.69, 9.17) is 4.74 Å². The molecule has 6 nitrogen and oxygen atoms in total. The van der Waals surface area contributed by atoms with Gasteiger partial charge in [0.15, 0.2) is 6.61 Å². The predicted octanol–water partition coefficient (Wildman–Crippen LogP) is 4.75. The lowest BCUT2D eigenvalue weighted by Crippen LogP contribution is -2.32. The van der Waals surface area contributed by atoms with E-state index in [9.17, 15) is 14.4 Å². The highest BCUT2D eigenvalue weighted by Gasteiger charge is 2.41. The number of carbonyl (C=O) groups excluding carboxylic acids is 3.